The molecule has 1 heteroatoms. The summed E-state index contributed by atoms with van der Waals surface area (Å²) in [6, 6.07) is 1.70. The van der Waals surface area contributed by atoms with E-state index in [0.29, 0.717) is 0 Å². The van der Waals surface area contributed by atoms with Crippen molar-refractivity contribution in [3.63, 3.8) is 0 Å². The summed E-state index contributed by atoms with van der Waals surface area (Å²) in [5.74, 6) is 1.98. The molecule has 0 saturated heterocycles. The van der Waals surface area contributed by atoms with Crippen LogP contribution in [0.2, 0.25) is 0 Å². The van der Waals surface area contributed by atoms with Gasteiger partial charge in [0.15, 0.2) is 0 Å². The molecule has 0 radical (unpaired) electrons. The van der Waals surface area contributed by atoms with Crippen LogP contribution in [0.15, 0.2) is 0 Å². The predicted molar refractivity (Wildman–Crippen MR) is 70.6 cm³/mol. The van der Waals surface area contributed by atoms with Gasteiger partial charge in [-0.05, 0) is 43.9 Å². The maximum Gasteiger partial charge on any atom is 0.00978 e. The Morgan fingerprint density at radius 3 is 2.44 bits per heavy atom. The molecule has 2 fully saturated rings. The largest absolute Gasteiger partial charge is 0.311 e. The van der Waals surface area contributed by atoms with Crippen molar-refractivity contribution < 1.29 is 0 Å². The van der Waals surface area contributed by atoms with Crippen LogP contribution in [0, 0.1) is 11.8 Å². The van der Waals surface area contributed by atoms with E-state index in [1.54, 1.807) is 0 Å². The third kappa shape index (κ3) is 3.00. The molecule has 16 heavy (non-hydrogen) atoms. The van der Waals surface area contributed by atoms with E-state index in [-0.39, 0.29) is 0 Å². The summed E-state index contributed by atoms with van der Waals surface area (Å²) in [7, 11) is 0. The summed E-state index contributed by atoms with van der Waals surface area (Å²) in [5, 5.41) is 3.98. The van der Waals surface area contributed by atoms with Gasteiger partial charge in [0.25, 0.3) is 0 Å². The lowest BCUT2D eigenvalue weighted by atomic mass is 9.82. The molecule has 2 rings (SSSR count). The minimum absolute atomic E-state index is 0.847. The van der Waals surface area contributed by atoms with Gasteiger partial charge in [-0.25, -0.2) is 0 Å². The van der Waals surface area contributed by atoms with Crippen molar-refractivity contribution in [2.45, 2.75) is 83.7 Å². The highest BCUT2D eigenvalue weighted by Gasteiger charge is 2.29. The second-order valence-electron chi connectivity index (χ2n) is 6.01. The molecule has 4 atom stereocenters. The number of hydrogen-bond acceptors (Lipinski definition) is 1. The molecule has 0 aliphatic heterocycles. The maximum atomic E-state index is 3.98. The van der Waals surface area contributed by atoms with Gasteiger partial charge in [-0.1, -0.05) is 39.5 Å². The van der Waals surface area contributed by atoms with Crippen molar-refractivity contribution in [3.8, 4) is 0 Å². The van der Waals surface area contributed by atoms with E-state index in [1.165, 1.54) is 57.8 Å². The summed E-state index contributed by atoms with van der Waals surface area (Å²) in [6.07, 6.45) is 13.0. The molecule has 0 spiro atoms. The number of hydrogen-bond donors (Lipinski definition) is 1. The van der Waals surface area contributed by atoms with Crippen LogP contribution >= 0.6 is 0 Å². The van der Waals surface area contributed by atoms with Gasteiger partial charge in [0.2, 0.25) is 0 Å². The van der Waals surface area contributed by atoms with Crippen molar-refractivity contribution in [1.82, 2.24) is 5.32 Å². The molecule has 0 aromatic heterocycles. The van der Waals surface area contributed by atoms with Crippen molar-refractivity contribution in [1.29, 1.82) is 0 Å². The molecule has 4 unspecified atom stereocenters. The van der Waals surface area contributed by atoms with E-state index < -0.39 is 0 Å². The molecule has 0 amide bonds. The van der Waals surface area contributed by atoms with Gasteiger partial charge < -0.3 is 5.32 Å². The smallest absolute Gasteiger partial charge is 0.00978 e. The number of rotatable bonds is 4. The van der Waals surface area contributed by atoms with Gasteiger partial charge in [-0.15, -0.1) is 0 Å². The van der Waals surface area contributed by atoms with Crippen LogP contribution in [-0.2, 0) is 0 Å². The third-order valence-corrected chi connectivity index (χ3v) is 5.00. The molecule has 1 nitrogen and oxygen atoms in total. The van der Waals surface area contributed by atoms with Crippen LogP contribution in [0.1, 0.15) is 71.6 Å². The fourth-order valence-corrected chi connectivity index (χ4v) is 3.82. The summed E-state index contributed by atoms with van der Waals surface area (Å²) < 4.78 is 0. The molecule has 2 saturated carbocycles. The van der Waals surface area contributed by atoms with Gasteiger partial charge in [0.05, 0.1) is 0 Å². The highest BCUT2D eigenvalue weighted by molar-refractivity contribution is 4.87. The lowest BCUT2D eigenvalue weighted by Crippen LogP contribution is -2.43. The predicted octanol–water partition coefficient (Wildman–Crippen LogP) is 4.12. The van der Waals surface area contributed by atoms with Crippen LogP contribution in [0.3, 0.4) is 0 Å². The highest BCUT2D eigenvalue weighted by atomic mass is 15.0. The zero-order chi connectivity index (χ0) is 11.4. The molecule has 0 aromatic carbocycles. The normalized spacial score (nSPS) is 40.1. The Morgan fingerprint density at radius 1 is 0.938 bits per heavy atom. The Hall–Kier alpha value is -0.0400. The minimum Gasteiger partial charge on any atom is -0.311 e. The van der Waals surface area contributed by atoms with Crippen molar-refractivity contribution in [3.05, 3.63) is 0 Å². The first-order chi connectivity index (χ1) is 7.83. The number of nitrogens with one attached hydrogen (secondary N) is 1. The van der Waals surface area contributed by atoms with Crippen molar-refractivity contribution in [2.24, 2.45) is 11.8 Å². The summed E-state index contributed by atoms with van der Waals surface area (Å²) in [6.45, 7) is 4.72. The van der Waals surface area contributed by atoms with Crippen LogP contribution in [-0.4, -0.2) is 12.1 Å². The van der Waals surface area contributed by atoms with E-state index >= 15 is 0 Å². The van der Waals surface area contributed by atoms with Gasteiger partial charge in [-0.2, -0.15) is 0 Å². The lowest BCUT2D eigenvalue weighted by molar-refractivity contribution is 0.235. The topological polar surface area (TPSA) is 12.0 Å². The first-order valence-corrected chi connectivity index (χ1v) is 7.59. The molecule has 0 aromatic rings. The molecular weight excluding hydrogens is 194 g/mol. The van der Waals surface area contributed by atoms with Gasteiger partial charge >= 0.3 is 0 Å². The minimum atomic E-state index is 0.847. The van der Waals surface area contributed by atoms with Crippen LogP contribution in [0.5, 0.6) is 0 Å². The highest BCUT2D eigenvalue weighted by Crippen LogP contribution is 2.32. The second kappa shape index (κ2) is 6.05. The van der Waals surface area contributed by atoms with Crippen LogP contribution in [0.4, 0.5) is 0 Å². The Kier molecular flexibility index (Phi) is 4.69. The Balaban J connectivity index is 1.79. The average molecular weight is 223 g/mol. The zero-order valence-electron chi connectivity index (χ0n) is 11.2. The van der Waals surface area contributed by atoms with E-state index in [0.717, 1.165) is 23.9 Å². The van der Waals surface area contributed by atoms with Gasteiger partial charge in [0, 0.05) is 12.1 Å². The molecule has 0 heterocycles. The monoisotopic (exact) mass is 223 g/mol. The quantitative estimate of drug-likeness (QED) is 0.756. The van der Waals surface area contributed by atoms with Gasteiger partial charge in [-0.3, -0.25) is 0 Å². The molecule has 0 bridgehead atoms. The summed E-state index contributed by atoms with van der Waals surface area (Å²) >= 11 is 0. The Bertz CT molecular complexity index is 202. The second-order valence-corrected chi connectivity index (χ2v) is 6.01. The lowest BCUT2D eigenvalue weighted by Gasteiger charge is -2.34. The van der Waals surface area contributed by atoms with Gasteiger partial charge in [0.1, 0.15) is 0 Å². The first-order valence-electron chi connectivity index (χ1n) is 7.59. The fraction of sp³-hybridized carbons (Fsp3) is 1.00. The zero-order valence-corrected chi connectivity index (χ0v) is 11.2. The molecule has 94 valence electrons. The Labute approximate surface area is 101 Å². The van der Waals surface area contributed by atoms with E-state index in [9.17, 15) is 0 Å². The fourth-order valence-electron chi connectivity index (χ4n) is 3.82. The molecule has 2 aliphatic carbocycles. The standard InChI is InChI=1S/C15H29N/c1-3-12-9-10-14(11-12)16-15-8-6-5-7-13(15)4-2/h12-16H,3-11H2,1-2H3. The van der Waals surface area contributed by atoms with Crippen LogP contribution < -0.4 is 5.32 Å². The summed E-state index contributed by atoms with van der Waals surface area (Å²) in [4.78, 5) is 0. The molecule has 2 aliphatic rings. The van der Waals surface area contributed by atoms with Crippen molar-refractivity contribution >= 4 is 0 Å². The Morgan fingerprint density at radius 2 is 1.75 bits per heavy atom. The molecular formula is C15H29N. The van der Waals surface area contributed by atoms with Crippen LogP contribution in [0.25, 0.3) is 0 Å². The van der Waals surface area contributed by atoms with E-state index in [4.69, 9.17) is 0 Å². The molecule has 1 N–H and O–H groups in total. The maximum absolute atomic E-state index is 3.98. The SMILES string of the molecule is CCC1CCC(NC2CCCCC2CC)C1. The van der Waals surface area contributed by atoms with Crippen molar-refractivity contribution in [2.75, 3.05) is 0 Å². The van der Waals surface area contributed by atoms with E-state index in [2.05, 4.69) is 19.2 Å². The third-order valence-electron chi connectivity index (χ3n) is 5.00. The average Bonchev–Trinajstić information content (AvgIpc) is 2.77. The van der Waals surface area contributed by atoms with E-state index in [1.807, 2.05) is 0 Å². The first kappa shape index (κ1) is 12.4. The summed E-state index contributed by atoms with van der Waals surface area (Å²) in [5.41, 5.74) is 0.